The van der Waals surface area contributed by atoms with Gasteiger partial charge in [0.05, 0.1) is 7.11 Å². The van der Waals surface area contributed by atoms with Gasteiger partial charge in [0.1, 0.15) is 6.54 Å². The van der Waals surface area contributed by atoms with Crippen LogP contribution in [0.15, 0.2) is 48.5 Å². The Morgan fingerprint density at radius 2 is 1.59 bits per heavy atom. The molecule has 2 aromatic carbocycles. The van der Waals surface area contributed by atoms with E-state index in [4.69, 9.17) is 0 Å². The highest BCUT2D eigenvalue weighted by atomic mass is 16.5. The number of hydrogen-bond donors (Lipinski definition) is 1. The molecule has 3 aliphatic carbocycles. The van der Waals surface area contributed by atoms with Crippen LogP contribution in [0.4, 0.5) is 4.79 Å². The van der Waals surface area contributed by atoms with Crippen molar-refractivity contribution in [2.45, 2.75) is 18.3 Å². The molecular weight excluding hydrogens is 340 g/mol. The third-order valence-electron chi connectivity index (χ3n) is 5.85. The Labute approximate surface area is 159 Å². The maximum Gasteiger partial charge on any atom is 0.409 e. The Balaban J connectivity index is 1.51. The molecule has 0 saturated heterocycles. The summed E-state index contributed by atoms with van der Waals surface area (Å²) in [6.45, 7) is 0.609. The molecule has 27 heavy (non-hydrogen) atoms. The molecular formula is C22H24N2O3. The number of carbonyl (C=O) groups is 2. The van der Waals surface area contributed by atoms with Gasteiger partial charge in [-0.25, -0.2) is 4.79 Å². The van der Waals surface area contributed by atoms with Crippen LogP contribution >= 0.6 is 0 Å². The first-order chi connectivity index (χ1) is 13.1. The fourth-order valence-corrected chi connectivity index (χ4v) is 4.70. The summed E-state index contributed by atoms with van der Waals surface area (Å²) in [6.07, 6.45) is 0.524. The molecule has 2 bridgehead atoms. The summed E-state index contributed by atoms with van der Waals surface area (Å²) in [6, 6.07) is 17.4. The standard InChI is InChI=1S/C22H24N2O3/c1-24(22(26)27-2)13-20(25)23-12-14-11-19-15-7-3-5-9-17(15)21(14)18-10-6-4-8-16(18)19/h3-10,14,19,21H,11-13H2,1-2H3,(H,23,25)/t14-,19?,21?/m0/s1. The molecule has 2 amide bonds. The quantitative estimate of drug-likeness (QED) is 0.907. The van der Waals surface area contributed by atoms with E-state index in [9.17, 15) is 9.59 Å². The van der Waals surface area contributed by atoms with E-state index in [2.05, 4.69) is 58.6 Å². The second-order valence-electron chi connectivity index (χ2n) is 7.41. The first-order valence-corrected chi connectivity index (χ1v) is 9.33. The van der Waals surface area contributed by atoms with Gasteiger partial charge in [-0.3, -0.25) is 4.79 Å². The summed E-state index contributed by atoms with van der Waals surface area (Å²) in [4.78, 5) is 25.0. The van der Waals surface area contributed by atoms with Crippen LogP contribution < -0.4 is 5.32 Å². The van der Waals surface area contributed by atoms with Crippen LogP contribution in [0.25, 0.3) is 0 Å². The summed E-state index contributed by atoms with van der Waals surface area (Å²) >= 11 is 0. The van der Waals surface area contributed by atoms with Gasteiger partial charge in [0, 0.05) is 25.4 Å². The summed E-state index contributed by atoms with van der Waals surface area (Å²) in [5, 5.41) is 3.02. The van der Waals surface area contributed by atoms with E-state index in [0.29, 0.717) is 24.3 Å². The molecule has 0 unspecified atom stereocenters. The van der Waals surface area contributed by atoms with Crippen LogP contribution in [0.2, 0.25) is 0 Å². The van der Waals surface area contributed by atoms with Crippen molar-refractivity contribution in [3.05, 3.63) is 70.8 Å². The van der Waals surface area contributed by atoms with Crippen molar-refractivity contribution in [1.29, 1.82) is 0 Å². The highest BCUT2D eigenvalue weighted by Crippen LogP contribution is 2.55. The highest BCUT2D eigenvalue weighted by molar-refractivity contribution is 5.82. The van der Waals surface area contributed by atoms with Gasteiger partial charge in [0.25, 0.3) is 0 Å². The largest absolute Gasteiger partial charge is 0.453 e. The number of fused-ring (bicyclic) bond motifs is 1. The predicted molar refractivity (Wildman–Crippen MR) is 103 cm³/mol. The molecule has 0 aliphatic heterocycles. The van der Waals surface area contributed by atoms with Gasteiger partial charge >= 0.3 is 6.09 Å². The van der Waals surface area contributed by atoms with Crippen LogP contribution in [0.5, 0.6) is 0 Å². The Bertz CT molecular complexity index is 832. The Kier molecular flexibility index (Phi) is 4.60. The molecule has 0 heterocycles. The zero-order valence-corrected chi connectivity index (χ0v) is 15.6. The first kappa shape index (κ1) is 17.6. The molecule has 3 aliphatic rings. The van der Waals surface area contributed by atoms with E-state index in [-0.39, 0.29) is 12.5 Å². The van der Waals surface area contributed by atoms with E-state index in [0.717, 1.165) is 6.42 Å². The average Bonchev–Trinajstić information content (AvgIpc) is 2.71. The summed E-state index contributed by atoms with van der Waals surface area (Å²) in [5.41, 5.74) is 5.63. The van der Waals surface area contributed by atoms with Crippen molar-refractivity contribution in [1.82, 2.24) is 10.2 Å². The highest BCUT2D eigenvalue weighted by Gasteiger charge is 2.42. The maximum atomic E-state index is 12.3. The lowest BCUT2D eigenvalue weighted by atomic mass is 9.59. The summed E-state index contributed by atoms with van der Waals surface area (Å²) in [7, 11) is 2.87. The van der Waals surface area contributed by atoms with Crippen molar-refractivity contribution < 1.29 is 14.3 Å². The van der Waals surface area contributed by atoms with Crippen molar-refractivity contribution in [2.75, 3.05) is 27.2 Å². The van der Waals surface area contributed by atoms with E-state index in [1.807, 2.05) is 0 Å². The number of nitrogens with zero attached hydrogens (tertiary/aromatic N) is 1. The van der Waals surface area contributed by atoms with Crippen LogP contribution in [0.3, 0.4) is 0 Å². The average molecular weight is 364 g/mol. The fourth-order valence-electron chi connectivity index (χ4n) is 4.70. The number of benzene rings is 2. The monoisotopic (exact) mass is 364 g/mol. The lowest BCUT2D eigenvalue weighted by Crippen LogP contribution is -2.43. The second-order valence-corrected chi connectivity index (χ2v) is 7.41. The van der Waals surface area contributed by atoms with E-state index < -0.39 is 6.09 Å². The normalized spacial score (nSPS) is 21.8. The molecule has 0 aromatic heterocycles. The topological polar surface area (TPSA) is 58.6 Å². The fraction of sp³-hybridized carbons (Fsp3) is 0.364. The van der Waals surface area contributed by atoms with Crippen molar-refractivity contribution in [2.24, 2.45) is 5.92 Å². The van der Waals surface area contributed by atoms with Gasteiger partial charge in [-0.15, -0.1) is 0 Å². The Morgan fingerprint density at radius 3 is 2.15 bits per heavy atom. The molecule has 0 spiro atoms. The molecule has 0 saturated carbocycles. The third-order valence-corrected chi connectivity index (χ3v) is 5.85. The predicted octanol–water partition coefficient (Wildman–Crippen LogP) is 3.10. The van der Waals surface area contributed by atoms with Crippen LogP contribution in [0.1, 0.15) is 40.5 Å². The SMILES string of the molecule is COC(=O)N(C)CC(=O)NC[C@@H]1CC2c3ccccc3C1c1ccccc12. The minimum atomic E-state index is -0.510. The number of likely N-dealkylation sites (N-methyl/N-ethyl adjacent to an activating group) is 1. The first-order valence-electron chi connectivity index (χ1n) is 9.33. The van der Waals surface area contributed by atoms with Crippen molar-refractivity contribution >= 4 is 12.0 Å². The van der Waals surface area contributed by atoms with Crippen LogP contribution in [0, 0.1) is 5.92 Å². The van der Waals surface area contributed by atoms with Gasteiger partial charge in [0.15, 0.2) is 0 Å². The van der Waals surface area contributed by atoms with Crippen molar-refractivity contribution in [3.63, 3.8) is 0 Å². The van der Waals surface area contributed by atoms with Gasteiger partial charge in [-0.05, 0) is 34.6 Å². The van der Waals surface area contributed by atoms with Crippen molar-refractivity contribution in [3.8, 4) is 0 Å². The molecule has 5 rings (SSSR count). The molecule has 1 N–H and O–H groups in total. The van der Waals surface area contributed by atoms with Gasteiger partial charge < -0.3 is 15.0 Å². The van der Waals surface area contributed by atoms with Gasteiger partial charge in [-0.2, -0.15) is 0 Å². The number of amides is 2. The van der Waals surface area contributed by atoms with E-state index in [1.165, 1.54) is 34.3 Å². The zero-order chi connectivity index (χ0) is 19.0. The zero-order valence-electron chi connectivity index (χ0n) is 15.6. The summed E-state index contributed by atoms with van der Waals surface area (Å²) in [5.74, 6) is 0.890. The van der Waals surface area contributed by atoms with Gasteiger partial charge in [0.2, 0.25) is 5.91 Å². The molecule has 5 heteroatoms. The molecule has 140 valence electrons. The molecule has 2 aromatic rings. The third kappa shape index (κ3) is 3.07. The lowest BCUT2D eigenvalue weighted by molar-refractivity contribution is -0.121. The molecule has 0 fully saturated rings. The number of carbonyl (C=O) groups excluding carboxylic acids is 2. The Morgan fingerprint density at radius 1 is 1.04 bits per heavy atom. The maximum absolute atomic E-state index is 12.3. The Hall–Kier alpha value is -2.82. The minimum absolute atomic E-state index is 0.000657. The van der Waals surface area contributed by atoms with Gasteiger partial charge in [-0.1, -0.05) is 48.5 Å². The van der Waals surface area contributed by atoms with E-state index >= 15 is 0 Å². The second kappa shape index (κ2) is 7.06. The lowest BCUT2D eigenvalue weighted by Gasteiger charge is -2.45. The van der Waals surface area contributed by atoms with Crippen LogP contribution in [-0.2, 0) is 9.53 Å². The number of rotatable bonds is 4. The summed E-state index contributed by atoms with van der Waals surface area (Å²) < 4.78 is 4.63. The number of hydrogen-bond acceptors (Lipinski definition) is 3. The smallest absolute Gasteiger partial charge is 0.409 e. The number of ether oxygens (including phenoxy) is 1. The molecule has 0 radical (unpaired) electrons. The minimum Gasteiger partial charge on any atom is -0.453 e. The van der Waals surface area contributed by atoms with Crippen LogP contribution in [-0.4, -0.2) is 44.1 Å². The number of nitrogens with one attached hydrogen (secondary N) is 1. The molecule has 5 nitrogen and oxygen atoms in total. The molecule has 1 atom stereocenters. The number of methoxy groups -OCH3 is 1. The van der Waals surface area contributed by atoms with E-state index in [1.54, 1.807) is 7.05 Å².